The lowest BCUT2D eigenvalue weighted by molar-refractivity contribution is -0.174. The molecule has 1 N–H and O–H groups in total. The molecular formula is C23H33NO8. The van der Waals surface area contributed by atoms with Crippen molar-refractivity contribution >= 4 is 18.0 Å². The molecule has 9 heteroatoms. The lowest BCUT2D eigenvalue weighted by atomic mass is 9.72. The summed E-state index contributed by atoms with van der Waals surface area (Å²) in [5.74, 6) is -1.62. The van der Waals surface area contributed by atoms with Gasteiger partial charge in [0.05, 0.1) is 24.2 Å². The van der Waals surface area contributed by atoms with Gasteiger partial charge in [-0.05, 0) is 57.4 Å². The van der Waals surface area contributed by atoms with E-state index in [2.05, 4.69) is 0 Å². The van der Waals surface area contributed by atoms with Gasteiger partial charge < -0.3 is 29.0 Å². The lowest BCUT2D eigenvalue weighted by Crippen LogP contribution is -2.64. The summed E-state index contributed by atoms with van der Waals surface area (Å²) in [6.07, 6.45) is 3.94. The minimum Gasteiger partial charge on any atom is -0.431 e. The summed E-state index contributed by atoms with van der Waals surface area (Å²) in [7, 11) is 1.58. The van der Waals surface area contributed by atoms with Crippen LogP contribution in [0.2, 0.25) is 0 Å². The Kier molecular flexibility index (Phi) is 6.76. The van der Waals surface area contributed by atoms with E-state index in [1.165, 1.54) is 11.8 Å². The zero-order valence-electron chi connectivity index (χ0n) is 19.0. The quantitative estimate of drug-likeness (QED) is 0.373. The SMILES string of the molecule is CO[C@H]1CCC[C@H]2C1=C(C(=O)OC(C)OC(=O)OC1CCCCC1)N1C(=O)C(C(C)O)[C@@H]21. The molecule has 2 aliphatic carbocycles. The normalized spacial score (nSPS) is 31.9. The van der Waals surface area contributed by atoms with Crippen LogP contribution in [-0.4, -0.2) is 65.8 Å². The number of carbonyl (C=O) groups is 3. The molecule has 1 saturated heterocycles. The van der Waals surface area contributed by atoms with Crippen LogP contribution in [0.3, 0.4) is 0 Å². The van der Waals surface area contributed by atoms with Gasteiger partial charge in [-0.3, -0.25) is 4.79 Å². The summed E-state index contributed by atoms with van der Waals surface area (Å²) in [6, 6.07) is -0.273. The highest BCUT2D eigenvalue weighted by Crippen LogP contribution is 2.52. The van der Waals surface area contributed by atoms with Crippen molar-refractivity contribution in [1.82, 2.24) is 4.90 Å². The molecule has 0 aromatic carbocycles. The molecule has 9 nitrogen and oxygen atoms in total. The van der Waals surface area contributed by atoms with Crippen LogP contribution in [0.15, 0.2) is 11.3 Å². The molecule has 32 heavy (non-hydrogen) atoms. The fourth-order valence-electron chi connectivity index (χ4n) is 5.78. The highest BCUT2D eigenvalue weighted by atomic mass is 16.8. The monoisotopic (exact) mass is 451 g/mol. The van der Waals surface area contributed by atoms with Gasteiger partial charge in [0.25, 0.3) is 0 Å². The Bertz CT molecular complexity index is 787. The van der Waals surface area contributed by atoms with Crippen molar-refractivity contribution < 1.29 is 38.4 Å². The lowest BCUT2D eigenvalue weighted by Gasteiger charge is -2.47. The summed E-state index contributed by atoms with van der Waals surface area (Å²) in [4.78, 5) is 39.5. The third kappa shape index (κ3) is 4.12. The molecule has 4 aliphatic rings. The van der Waals surface area contributed by atoms with Gasteiger partial charge in [0, 0.05) is 20.0 Å². The molecule has 4 rings (SSSR count). The van der Waals surface area contributed by atoms with Crippen LogP contribution >= 0.6 is 0 Å². The second-order valence-corrected chi connectivity index (χ2v) is 9.25. The van der Waals surface area contributed by atoms with E-state index in [4.69, 9.17) is 18.9 Å². The number of nitrogens with zero attached hydrogens (tertiary/aromatic N) is 1. The minimum absolute atomic E-state index is 0.0546. The number of rotatable bonds is 6. The van der Waals surface area contributed by atoms with E-state index in [0.29, 0.717) is 0 Å². The molecule has 0 spiro atoms. The van der Waals surface area contributed by atoms with Gasteiger partial charge in [0.2, 0.25) is 12.2 Å². The van der Waals surface area contributed by atoms with E-state index < -0.39 is 30.4 Å². The number of esters is 1. The fraction of sp³-hybridized carbons (Fsp3) is 0.783. The first kappa shape index (κ1) is 23.0. The molecular weight excluding hydrogens is 418 g/mol. The van der Waals surface area contributed by atoms with Crippen LogP contribution in [0.4, 0.5) is 4.79 Å². The maximum atomic E-state index is 13.1. The molecule has 2 saturated carbocycles. The molecule has 1 amide bonds. The maximum Gasteiger partial charge on any atom is 0.511 e. The van der Waals surface area contributed by atoms with Crippen molar-refractivity contribution in [3.8, 4) is 0 Å². The van der Waals surface area contributed by atoms with E-state index in [9.17, 15) is 19.5 Å². The van der Waals surface area contributed by atoms with Gasteiger partial charge >= 0.3 is 12.1 Å². The Morgan fingerprint density at radius 2 is 1.75 bits per heavy atom. The van der Waals surface area contributed by atoms with Crippen molar-refractivity contribution in [1.29, 1.82) is 0 Å². The molecule has 0 aromatic rings. The standard InChI is InChI=1S/C23H33NO8/c1-12(25)17-19-15-10-7-11-16(29-3)18(15)20(24(19)21(17)26)22(27)30-13(2)31-23(28)32-14-8-5-4-6-9-14/h12-17,19,25H,4-11H2,1-3H3/t12?,13?,15-,16-,17?,19+/m0/s1. The van der Waals surface area contributed by atoms with E-state index in [1.807, 2.05) is 0 Å². The number of methoxy groups -OCH3 is 1. The summed E-state index contributed by atoms with van der Waals surface area (Å²) in [5.41, 5.74) is 0.923. The number of ether oxygens (including phenoxy) is 4. The zero-order valence-corrected chi connectivity index (χ0v) is 19.0. The predicted molar refractivity (Wildman–Crippen MR) is 111 cm³/mol. The molecule has 178 valence electrons. The Morgan fingerprint density at radius 3 is 2.41 bits per heavy atom. The number of amides is 1. The van der Waals surface area contributed by atoms with Gasteiger partial charge in [-0.25, -0.2) is 9.59 Å². The van der Waals surface area contributed by atoms with Crippen molar-refractivity contribution in [2.45, 2.75) is 95.9 Å². The first-order valence-corrected chi connectivity index (χ1v) is 11.7. The first-order chi connectivity index (χ1) is 15.3. The van der Waals surface area contributed by atoms with Gasteiger partial charge in [0.15, 0.2) is 0 Å². The third-order valence-electron chi connectivity index (χ3n) is 7.19. The topological polar surface area (TPSA) is 112 Å². The average Bonchev–Trinajstić information content (AvgIpc) is 3.04. The number of carbonyl (C=O) groups excluding carboxylic acids is 3. The highest BCUT2D eigenvalue weighted by molar-refractivity contribution is 6.01. The summed E-state index contributed by atoms with van der Waals surface area (Å²) < 4.78 is 21.5. The number of hydrogen-bond acceptors (Lipinski definition) is 8. The van der Waals surface area contributed by atoms with E-state index >= 15 is 0 Å². The minimum atomic E-state index is -1.17. The average molecular weight is 452 g/mol. The molecule has 0 aromatic heterocycles. The van der Waals surface area contributed by atoms with Crippen LogP contribution in [0.1, 0.15) is 65.2 Å². The third-order valence-corrected chi connectivity index (χ3v) is 7.19. The predicted octanol–water partition coefficient (Wildman–Crippen LogP) is 2.65. The molecule has 0 bridgehead atoms. The number of aliphatic hydroxyl groups excluding tert-OH is 1. The zero-order chi connectivity index (χ0) is 23.0. The van der Waals surface area contributed by atoms with Crippen LogP contribution < -0.4 is 0 Å². The van der Waals surface area contributed by atoms with Crippen molar-refractivity contribution in [3.63, 3.8) is 0 Å². The van der Waals surface area contributed by atoms with Crippen LogP contribution in [0, 0.1) is 11.8 Å². The summed E-state index contributed by atoms with van der Waals surface area (Å²) >= 11 is 0. The summed E-state index contributed by atoms with van der Waals surface area (Å²) in [5, 5.41) is 10.1. The van der Waals surface area contributed by atoms with Crippen LogP contribution in [-0.2, 0) is 28.5 Å². The number of hydrogen-bond donors (Lipinski definition) is 1. The van der Waals surface area contributed by atoms with Crippen molar-refractivity contribution in [3.05, 3.63) is 11.3 Å². The second-order valence-electron chi connectivity index (χ2n) is 9.25. The van der Waals surface area contributed by atoms with Crippen molar-refractivity contribution in [2.75, 3.05) is 7.11 Å². The Labute approximate surface area is 188 Å². The summed E-state index contributed by atoms with van der Waals surface area (Å²) in [6.45, 7) is 3.04. The molecule has 2 heterocycles. The Balaban J connectivity index is 1.46. The number of fused-ring (bicyclic) bond motifs is 3. The van der Waals surface area contributed by atoms with Gasteiger partial charge in [0.1, 0.15) is 11.8 Å². The number of β-lactam (4-membered cyclic amide) rings is 1. The maximum absolute atomic E-state index is 13.1. The van der Waals surface area contributed by atoms with E-state index in [1.54, 1.807) is 14.0 Å². The highest BCUT2D eigenvalue weighted by Gasteiger charge is 2.62. The first-order valence-electron chi connectivity index (χ1n) is 11.7. The van der Waals surface area contributed by atoms with Crippen molar-refractivity contribution in [2.24, 2.45) is 11.8 Å². The number of aliphatic hydroxyl groups is 1. The van der Waals surface area contributed by atoms with Crippen LogP contribution in [0.5, 0.6) is 0 Å². The molecule has 3 unspecified atom stereocenters. The Hall–Kier alpha value is -2.13. The van der Waals surface area contributed by atoms with Crippen LogP contribution in [0.25, 0.3) is 0 Å². The van der Waals surface area contributed by atoms with Gasteiger partial charge in [-0.1, -0.05) is 6.42 Å². The van der Waals surface area contributed by atoms with E-state index in [-0.39, 0.29) is 35.8 Å². The largest absolute Gasteiger partial charge is 0.511 e. The molecule has 3 fully saturated rings. The Morgan fingerprint density at radius 1 is 1.03 bits per heavy atom. The van der Waals surface area contributed by atoms with Gasteiger partial charge in [-0.2, -0.15) is 0 Å². The smallest absolute Gasteiger partial charge is 0.431 e. The second kappa shape index (κ2) is 9.39. The fourth-order valence-corrected chi connectivity index (χ4v) is 5.78. The molecule has 6 atom stereocenters. The molecule has 0 radical (unpaired) electrons. The van der Waals surface area contributed by atoms with Gasteiger partial charge in [-0.15, -0.1) is 0 Å². The van der Waals surface area contributed by atoms with E-state index in [0.717, 1.165) is 56.9 Å². The molecule has 2 aliphatic heterocycles.